The second-order valence-electron chi connectivity index (χ2n) is 4.87. The molecule has 1 saturated heterocycles. The van der Waals surface area contributed by atoms with Gasteiger partial charge in [-0.2, -0.15) is 0 Å². The van der Waals surface area contributed by atoms with Gasteiger partial charge in [0.05, 0.1) is 12.1 Å². The molecule has 1 fully saturated rings. The standard InChI is InChI=1S/C13H21N3O2S/c17-12(18)5-4-11-10-19-13(15-11)14-6-9-16-7-2-1-3-8-16/h10H,1-9H2,(H,14,15)(H,17,18). The molecule has 1 aliphatic rings. The molecule has 19 heavy (non-hydrogen) atoms. The number of likely N-dealkylation sites (tertiary alicyclic amines) is 1. The van der Waals surface area contributed by atoms with Crippen molar-refractivity contribution in [2.75, 3.05) is 31.5 Å². The van der Waals surface area contributed by atoms with Gasteiger partial charge in [-0.15, -0.1) is 11.3 Å². The number of hydrogen-bond acceptors (Lipinski definition) is 5. The fourth-order valence-corrected chi connectivity index (χ4v) is 3.02. The third kappa shape index (κ3) is 5.16. The molecule has 6 heteroatoms. The van der Waals surface area contributed by atoms with Crippen molar-refractivity contribution >= 4 is 22.4 Å². The molecule has 1 aliphatic heterocycles. The maximum Gasteiger partial charge on any atom is 0.303 e. The van der Waals surface area contributed by atoms with E-state index in [-0.39, 0.29) is 6.42 Å². The number of aliphatic carboxylic acids is 1. The predicted octanol–water partition coefficient (Wildman–Crippen LogP) is 2.06. The Kier molecular flexibility index (Phi) is 5.60. The largest absolute Gasteiger partial charge is 0.481 e. The summed E-state index contributed by atoms with van der Waals surface area (Å²) in [5.41, 5.74) is 0.868. The lowest BCUT2D eigenvalue weighted by Crippen LogP contribution is -2.33. The number of carboxylic acid groups (broad SMARTS) is 1. The number of carboxylic acids is 1. The zero-order valence-corrected chi connectivity index (χ0v) is 11.9. The molecule has 0 bridgehead atoms. The molecule has 0 saturated carbocycles. The summed E-state index contributed by atoms with van der Waals surface area (Å²) in [6.07, 6.45) is 4.66. The molecular weight excluding hydrogens is 262 g/mol. The number of aromatic nitrogens is 1. The number of nitrogens with zero attached hydrogens (tertiary/aromatic N) is 2. The molecule has 0 aromatic carbocycles. The lowest BCUT2D eigenvalue weighted by Gasteiger charge is -2.26. The molecule has 1 aromatic rings. The molecule has 5 nitrogen and oxygen atoms in total. The molecule has 2 rings (SSSR count). The van der Waals surface area contributed by atoms with Crippen molar-refractivity contribution in [1.29, 1.82) is 0 Å². The maximum absolute atomic E-state index is 10.5. The molecule has 1 aromatic heterocycles. The second-order valence-corrected chi connectivity index (χ2v) is 5.72. The van der Waals surface area contributed by atoms with Gasteiger partial charge in [-0.05, 0) is 25.9 Å². The van der Waals surface area contributed by atoms with Gasteiger partial charge in [0, 0.05) is 24.9 Å². The number of aryl methyl sites for hydroxylation is 1. The average Bonchev–Trinajstić information content (AvgIpc) is 2.86. The Balaban J connectivity index is 1.66. The van der Waals surface area contributed by atoms with Gasteiger partial charge in [-0.1, -0.05) is 6.42 Å². The van der Waals surface area contributed by atoms with Crippen LogP contribution in [0.25, 0.3) is 0 Å². The quantitative estimate of drug-likeness (QED) is 0.802. The van der Waals surface area contributed by atoms with Crippen LogP contribution in [0.3, 0.4) is 0 Å². The molecule has 2 N–H and O–H groups in total. The molecule has 0 spiro atoms. The highest BCUT2D eigenvalue weighted by atomic mass is 32.1. The Bertz CT molecular complexity index is 402. The van der Waals surface area contributed by atoms with E-state index in [1.54, 1.807) is 11.3 Å². The van der Waals surface area contributed by atoms with Crippen LogP contribution in [-0.2, 0) is 11.2 Å². The Morgan fingerprint density at radius 3 is 2.95 bits per heavy atom. The monoisotopic (exact) mass is 283 g/mol. The van der Waals surface area contributed by atoms with E-state index in [9.17, 15) is 4.79 Å². The fraction of sp³-hybridized carbons (Fsp3) is 0.692. The van der Waals surface area contributed by atoms with Crippen molar-refractivity contribution in [2.45, 2.75) is 32.1 Å². The highest BCUT2D eigenvalue weighted by Crippen LogP contribution is 2.16. The van der Waals surface area contributed by atoms with E-state index >= 15 is 0 Å². The first-order chi connectivity index (χ1) is 9.24. The summed E-state index contributed by atoms with van der Waals surface area (Å²) >= 11 is 1.55. The van der Waals surface area contributed by atoms with Crippen LogP contribution in [0.4, 0.5) is 5.13 Å². The minimum absolute atomic E-state index is 0.150. The summed E-state index contributed by atoms with van der Waals surface area (Å²) < 4.78 is 0. The molecule has 106 valence electrons. The van der Waals surface area contributed by atoms with Gasteiger partial charge in [0.15, 0.2) is 5.13 Å². The molecular formula is C13H21N3O2S. The number of piperidine rings is 1. The van der Waals surface area contributed by atoms with Crippen molar-refractivity contribution in [1.82, 2.24) is 9.88 Å². The summed E-state index contributed by atoms with van der Waals surface area (Å²) in [5, 5.41) is 14.8. The lowest BCUT2D eigenvalue weighted by atomic mass is 10.1. The van der Waals surface area contributed by atoms with E-state index in [1.807, 2.05) is 5.38 Å². The van der Waals surface area contributed by atoms with Crippen LogP contribution in [0.1, 0.15) is 31.4 Å². The third-order valence-electron chi connectivity index (χ3n) is 3.30. The number of hydrogen-bond donors (Lipinski definition) is 2. The van der Waals surface area contributed by atoms with Crippen molar-refractivity contribution in [2.24, 2.45) is 0 Å². The van der Waals surface area contributed by atoms with E-state index in [2.05, 4.69) is 15.2 Å². The zero-order valence-electron chi connectivity index (χ0n) is 11.1. The first-order valence-electron chi connectivity index (χ1n) is 6.86. The van der Waals surface area contributed by atoms with E-state index in [1.165, 1.54) is 32.4 Å². The van der Waals surface area contributed by atoms with Crippen molar-refractivity contribution < 1.29 is 9.90 Å². The van der Waals surface area contributed by atoms with Crippen LogP contribution in [0, 0.1) is 0 Å². The molecule has 0 unspecified atom stereocenters. The van der Waals surface area contributed by atoms with E-state index < -0.39 is 5.97 Å². The van der Waals surface area contributed by atoms with Crippen LogP contribution in [0.2, 0.25) is 0 Å². The van der Waals surface area contributed by atoms with E-state index in [0.29, 0.717) is 6.42 Å². The number of nitrogens with one attached hydrogen (secondary N) is 1. The summed E-state index contributed by atoms with van der Waals surface area (Å²) in [6.45, 7) is 4.39. The Hall–Kier alpha value is -1.14. The topological polar surface area (TPSA) is 65.5 Å². The molecule has 2 heterocycles. The normalized spacial score (nSPS) is 16.4. The Morgan fingerprint density at radius 1 is 1.42 bits per heavy atom. The van der Waals surface area contributed by atoms with Gasteiger partial charge in [-0.3, -0.25) is 4.79 Å². The smallest absolute Gasteiger partial charge is 0.303 e. The minimum Gasteiger partial charge on any atom is -0.481 e. The molecule has 0 radical (unpaired) electrons. The highest BCUT2D eigenvalue weighted by molar-refractivity contribution is 7.13. The van der Waals surface area contributed by atoms with Crippen molar-refractivity contribution in [3.05, 3.63) is 11.1 Å². The van der Waals surface area contributed by atoms with Crippen LogP contribution in [0.15, 0.2) is 5.38 Å². The number of rotatable bonds is 7. The second kappa shape index (κ2) is 7.45. The number of thiazole rings is 1. The average molecular weight is 283 g/mol. The Labute approximate surface area is 117 Å². The SMILES string of the molecule is O=C(O)CCc1csc(NCCN2CCCCC2)n1. The summed E-state index contributed by atoms with van der Waals surface area (Å²) in [7, 11) is 0. The molecule has 0 aliphatic carbocycles. The number of carbonyl (C=O) groups is 1. The van der Waals surface area contributed by atoms with E-state index in [0.717, 1.165) is 23.9 Å². The zero-order chi connectivity index (χ0) is 13.5. The van der Waals surface area contributed by atoms with Crippen LogP contribution < -0.4 is 5.32 Å². The Morgan fingerprint density at radius 2 is 2.21 bits per heavy atom. The third-order valence-corrected chi connectivity index (χ3v) is 4.15. The van der Waals surface area contributed by atoms with Gasteiger partial charge in [-0.25, -0.2) is 4.98 Å². The minimum atomic E-state index is -0.771. The first kappa shape index (κ1) is 14.3. The van der Waals surface area contributed by atoms with Gasteiger partial charge >= 0.3 is 5.97 Å². The first-order valence-corrected chi connectivity index (χ1v) is 7.74. The highest BCUT2D eigenvalue weighted by Gasteiger charge is 2.09. The van der Waals surface area contributed by atoms with Crippen LogP contribution in [0.5, 0.6) is 0 Å². The lowest BCUT2D eigenvalue weighted by molar-refractivity contribution is -0.136. The van der Waals surface area contributed by atoms with E-state index in [4.69, 9.17) is 5.11 Å². The van der Waals surface area contributed by atoms with Crippen molar-refractivity contribution in [3.8, 4) is 0 Å². The summed E-state index contributed by atoms with van der Waals surface area (Å²) in [4.78, 5) is 17.4. The van der Waals surface area contributed by atoms with Crippen molar-refractivity contribution in [3.63, 3.8) is 0 Å². The van der Waals surface area contributed by atoms with Gasteiger partial charge in [0.25, 0.3) is 0 Å². The summed E-state index contributed by atoms with van der Waals surface area (Å²) in [5.74, 6) is -0.771. The fourth-order valence-electron chi connectivity index (χ4n) is 2.24. The maximum atomic E-state index is 10.5. The number of anilines is 1. The summed E-state index contributed by atoms with van der Waals surface area (Å²) in [6, 6.07) is 0. The predicted molar refractivity (Wildman–Crippen MR) is 76.9 cm³/mol. The molecule has 0 amide bonds. The van der Waals surface area contributed by atoms with Gasteiger partial charge in [0.1, 0.15) is 0 Å². The van der Waals surface area contributed by atoms with Gasteiger partial charge in [0.2, 0.25) is 0 Å². The van der Waals surface area contributed by atoms with Gasteiger partial charge < -0.3 is 15.3 Å². The van der Waals surface area contributed by atoms with Crippen LogP contribution in [-0.4, -0.2) is 47.1 Å². The molecule has 0 atom stereocenters. The van der Waals surface area contributed by atoms with Crippen LogP contribution >= 0.6 is 11.3 Å².